The summed E-state index contributed by atoms with van der Waals surface area (Å²) in [4.78, 5) is 12.4. The van der Waals surface area contributed by atoms with Crippen LogP contribution in [0.4, 0.5) is 21.5 Å². The fourth-order valence-corrected chi connectivity index (χ4v) is 5.03. The highest BCUT2D eigenvalue weighted by atomic mass is 35.5. The van der Waals surface area contributed by atoms with Crippen LogP contribution in [-0.4, -0.2) is 35.5 Å². The molecule has 0 aliphatic heterocycles. The van der Waals surface area contributed by atoms with E-state index < -0.39 is 38.3 Å². The number of para-hydroxylation sites is 1. The molecule has 1 amide bonds. The van der Waals surface area contributed by atoms with Gasteiger partial charge < -0.3 is 5.32 Å². The van der Waals surface area contributed by atoms with E-state index in [1.54, 1.807) is 12.1 Å². The molecule has 2 N–H and O–H groups in total. The summed E-state index contributed by atoms with van der Waals surface area (Å²) in [6.07, 6.45) is 0.956. The molecule has 8 nitrogen and oxygen atoms in total. The first-order valence-corrected chi connectivity index (χ1v) is 13.1. The number of nitrogens with zero attached hydrogens (tertiary/aromatic N) is 1. The number of nitrogens with one attached hydrogen (secondary N) is 2. The second-order valence-corrected chi connectivity index (χ2v) is 10.9. The first-order valence-electron chi connectivity index (χ1n) is 9.36. The van der Waals surface area contributed by atoms with Gasteiger partial charge in [0.15, 0.2) is 0 Å². The monoisotopic (exact) mass is 511 g/mol. The molecule has 3 rings (SSSR count). The summed E-state index contributed by atoms with van der Waals surface area (Å²) in [5.74, 6) is -1.15. The van der Waals surface area contributed by atoms with Crippen molar-refractivity contribution < 1.29 is 26.0 Å². The Balaban J connectivity index is 1.71. The second kappa shape index (κ2) is 9.77. The van der Waals surface area contributed by atoms with Crippen LogP contribution in [0.25, 0.3) is 0 Å². The third kappa shape index (κ3) is 6.44. The predicted octanol–water partition coefficient (Wildman–Crippen LogP) is 3.68. The van der Waals surface area contributed by atoms with Crippen LogP contribution in [0.3, 0.4) is 0 Å². The highest BCUT2D eigenvalue weighted by Gasteiger charge is 2.23. The minimum absolute atomic E-state index is 0.0846. The van der Waals surface area contributed by atoms with Gasteiger partial charge in [-0.15, -0.1) is 0 Å². The number of hydrogen-bond donors (Lipinski definition) is 2. The lowest BCUT2D eigenvalue weighted by atomic mass is 10.3. The Bertz CT molecular complexity index is 1360. The number of anilines is 3. The van der Waals surface area contributed by atoms with Crippen molar-refractivity contribution in [2.24, 2.45) is 0 Å². The van der Waals surface area contributed by atoms with Gasteiger partial charge in [0, 0.05) is 11.4 Å². The Morgan fingerprint density at radius 3 is 2.06 bits per heavy atom. The molecule has 0 bridgehead atoms. The molecule has 0 aliphatic carbocycles. The highest BCUT2D eigenvalue weighted by molar-refractivity contribution is 7.92. The lowest BCUT2D eigenvalue weighted by Gasteiger charge is -2.22. The summed E-state index contributed by atoms with van der Waals surface area (Å²) in [6.45, 7) is -0.533. The number of sulfonamides is 2. The van der Waals surface area contributed by atoms with Gasteiger partial charge in [-0.3, -0.25) is 13.8 Å². The van der Waals surface area contributed by atoms with Gasteiger partial charge in [-0.2, -0.15) is 0 Å². The smallest absolute Gasteiger partial charge is 0.261 e. The highest BCUT2D eigenvalue weighted by Crippen LogP contribution is 2.27. The molecule has 0 unspecified atom stereocenters. The SMILES string of the molecule is CS(=O)(=O)N(CC(=O)Nc1ccc(S(=O)(=O)Nc2ccc(F)cc2)cc1)c1ccccc1Cl. The molecule has 3 aromatic rings. The van der Waals surface area contributed by atoms with E-state index in [1.165, 1.54) is 48.5 Å². The largest absolute Gasteiger partial charge is 0.325 e. The second-order valence-electron chi connectivity index (χ2n) is 6.91. The van der Waals surface area contributed by atoms with Gasteiger partial charge >= 0.3 is 0 Å². The van der Waals surface area contributed by atoms with E-state index >= 15 is 0 Å². The molecule has 0 spiro atoms. The number of carbonyl (C=O) groups excluding carboxylic acids is 1. The van der Waals surface area contributed by atoms with Gasteiger partial charge in [-0.05, 0) is 60.7 Å². The Hall–Kier alpha value is -3.15. The number of carbonyl (C=O) groups is 1. The Morgan fingerprint density at radius 1 is 0.909 bits per heavy atom. The molecule has 0 saturated heterocycles. The van der Waals surface area contributed by atoms with Crippen molar-refractivity contribution in [2.75, 3.05) is 27.1 Å². The van der Waals surface area contributed by atoms with E-state index in [9.17, 15) is 26.0 Å². The molecule has 0 radical (unpaired) electrons. The molecular weight excluding hydrogens is 493 g/mol. The fraction of sp³-hybridized carbons (Fsp3) is 0.0952. The zero-order valence-electron chi connectivity index (χ0n) is 17.2. The maximum absolute atomic E-state index is 13.0. The third-order valence-electron chi connectivity index (χ3n) is 4.35. The van der Waals surface area contributed by atoms with Crippen molar-refractivity contribution in [1.82, 2.24) is 0 Å². The van der Waals surface area contributed by atoms with Gasteiger partial charge in [0.25, 0.3) is 10.0 Å². The van der Waals surface area contributed by atoms with E-state index in [-0.39, 0.29) is 27.0 Å². The van der Waals surface area contributed by atoms with Crippen molar-refractivity contribution in [3.05, 3.63) is 83.6 Å². The first-order chi connectivity index (χ1) is 15.5. The number of rotatable bonds is 8. The lowest BCUT2D eigenvalue weighted by Crippen LogP contribution is -2.37. The molecule has 174 valence electrons. The van der Waals surface area contributed by atoms with Crippen LogP contribution in [0.5, 0.6) is 0 Å². The van der Waals surface area contributed by atoms with Crippen LogP contribution in [0.2, 0.25) is 5.02 Å². The van der Waals surface area contributed by atoms with E-state index in [1.807, 2.05) is 0 Å². The van der Waals surface area contributed by atoms with Gasteiger partial charge in [-0.1, -0.05) is 23.7 Å². The Kier molecular flexibility index (Phi) is 7.25. The summed E-state index contributed by atoms with van der Waals surface area (Å²) in [5.41, 5.74) is 0.604. The lowest BCUT2D eigenvalue weighted by molar-refractivity contribution is -0.114. The zero-order valence-corrected chi connectivity index (χ0v) is 19.6. The van der Waals surface area contributed by atoms with Crippen LogP contribution in [0.15, 0.2) is 77.7 Å². The fourth-order valence-electron chi connectivity index (χ4n) is 2.82. The van der Waals surface area contributed by atoms with E-state index in [4.69, 9.17) is 11.6 Å². The van der Waals surface area contributed by atoms with E-state index in [2.05, 4.69) is 10.0 Å². The molecule has 0 fully saturated rings. The summed E-state index contributed by atoms with van der Waals surface area (Å²) in [7, 11) is -7.75. The first kappa shape index (κ1) is 24.5. The van der Waals surface area contributed by atoms with Crippen LogP contribution in [0.1, 0.15) is 0 Å². The minimum Gasteiger partial charge on any atom is -0.325 e. The normalized spacial score (nSPS) is 11.6. The molecule has 0 aliphatic rings. The third-order valence-corrected chi connectivity index (χ3v) is 7.20. The topological polar surface area (TPSA) is 113 Å². The van der Waals surface area contributed by atoms with Crippen molar-refractivity contribution >= 4 is 54.6 Å². The molecule has 0 heterocycles. The number of hydrogen-bond acceptors (Lipinski definition) is 5. The molecule has 12 heteroatoms. The predicted molar refractivity (Wildman–Crippen MR) is 126 cm³/mol. The zero-order chi connectivity index (χ0) is 24.2. The van der Waals surface area contributed by atoms with Crippen LogP contribution in [0, 0.1) is 5.82 Å². The molecule has 3 aromatic carbocycles. The van der Waals surface area contributed by atoms with Gasteiger partial charge in [0.05, 0.1) is 21.9 Å². The minimum atomic E-state index is -3.94. The van der Waals surface area contributed by atoms with Gasteiger partial charge in [-0.25, -0.2) is 21.2 Å². The Morgan fingerprint density at radius 2 is 1.48 bits per heavy atom. The number of halogens is 2. The quantitative estimate of drug-likeness (QED) is 0.479. The van der Waals surface area contributed by atoms with Crippen LogP contribution < -0.4 is 14.3 Å². The summed E-state index contributed by atoms with van der Waals surface area (Å²) >= 11 is 6.08. The molecule has 0 saturated carbocycles. The summed E-state index contributed by atoms with van der Waals surface area (Å²) in [5, 5.41) is 2.69. The van der Waals surface area contributed by atoms with Crippen molar-refractivity contribution in [3.63, 3.8) is 0 Å². The maximum atomic E-state index is 13.0. The van der Waals surface area contributed by atoms with Gasteiger partial charge in [0.2, 0.25) is 15.9 Å². The van der Waals surface area contributed by atoms with Crippen LogP contribution in [-0.2, 0) is 24.8 Å². The Labute approximate surface area is 196 Å². The maximum Gasteiger partial charge on any atom is 0.261 e. The summed E-state index contributed by atoms with van der Waals surface area (Å²) < 4.78 is 65.5. The number of benzene rings is 3. The molecular formula is C21H19ClFN3O5S2. The molecule has 0 atom stereocenters. The van der Waals surface area contributed by atoms with E-state index in [0.29, 0.717) is 0 Å². The molecule has 33 heavy (non-hydrogen) atoms. The van der Waals surface area contributed by atoms with Gasteiger partial charge in [0.1, 0.15) is 12.4 Å². The molecule has 0 aromatic heterocycles. The number of amides is 1. The summed E-state index contributed by atoms with van der Waals surface area (Å²) in [6, 6.07) is 16.3. The standard InChI is InChI=1S/C21H19ClFN3O5S2/c1-32(28,29)26(20-5-3-2-4-19(20)22)14-21(27)24-16-10-12-18(13-11-16)33(30,31)25-17-8-6-15(23)7-9-17/h2-13,25H,14H2,1H3,(H,24,27). The average Bonchev–Trinajstić information content (AvgIpc) is 2.74. The van der Waals surface area contributed by atoms with E-state index in [0.717, 1.165) is 22.7 Å². The average molecular weight is 512 g/mol. The van der Waals surface area contributed by atoms with Crippen molar-refractivity contribution in [2.45, 2.75) is 4.90 Å². The van der Waals surface area contributed by atoms with Crippen molar-refractivity contribution in [3.8, 4) is 0 Å². The van der Waals surface area contributed by atoms with Crippen molar-refractivity contribution in [1.29, 1.82) is 0 Å². The van der Waals surface area contributed by atoms with Crippen LogP contribution >= 0.6 is 11.6 Å².